The van der Waals surface area contributed by atoms with E-state index in [0.29, 0.717) is 10.6 Å². The fourth-order valence-corrected chi connectivity index (χ4v) is 3.45. The third-order valence-electron chi connectivity index (χ3n) is 4.72. The van der Waals surface area contributed by atoms with Crippen LogP contribution >= 0.6 is 11.6 Å². The van der Waals surface area contributed by atoms with Gasteiger partial charge in [-0.05, 0) is 37.6 Å². The topological polar surface area (TPSA) is 50.7 Å². The normalized spacial score (nSPS) is 12.1. The van der Waals surface area contributed by atoms with E-state index in [4.69, 9.17) is 11.6 Å². The van der Waals surface area contributed by atoms with Gasteiger partial charge in [-0.15, -0.1) is 0 Å². The van der Waals surface area contributed by atoms with Gasteiger partial charge < -0.3 is 5.32 Å². The van der Waals surface area contributed by atoms with Crippen molar-refractivity contribution in [2.24, 2.45) is 0 Å². The fraction of sp³-hybridized carbons (Fsp3) is 0.136. The van der Waals surface area contributed by atoms with Gasteiger partial charge in [0.25, 0.3) is 0 Å². The lowest BCUT2D eigenvalue weighted by Gasteiger charge is -2.20. The first-order chi connectivity index (χ1) is 13.5. The van der Waals surface area contributed by atoms with Crippen molar-refractivity contribution in [1.82, 2.24) is 15.0 Å². The van der Waals surface area contributed by atoms with E-state index >= 15 is 0 Å². The molecule has 0 spiro atoms. The molecule has 140 valence electrons. The maximum Gasteiger partial charge on any atom is 0.128 e. The molecule has 28 heavy (non-hydrogen) atoms. The van der Waals surface area contributed by atoms with Crippen molar-refractivity contribution >= 4 is 28.2 Å². The van der Waals surface area contributed by atoms with Gasteiger partial charge >= 0.3 is 0 Å². The third kappa shape index (κ3) is 3.41. The van der Waals surface area contributed by atoms with Gasteiger partial charge in [-0.1, -0.05) is 35.9 Å². The number of hydrogen-bond acceptors (Lipinski definition) is 4. The molecule has 4 rings (SSSR count). The predicted molar refractivity (Wildman–Crippen MR) is 111 cm³/mol. The van der Waals surface area contributed by atoms with Crippen LogP contribution in [0.3, 0.4) is 0 Å². The van der Waals surface area contributed by atoms with E-state index in [1.165, 1.54) is 12.4 Å². The number of nitrogens with one attached hydrogen (secondary N) is 1. The molecule has 0 aliphatic rings. The number of pyridine rings is 1. The summed E-state index contributed by atoms with van der Waals surface area (Å²) in [4.78, 5) is 12.6. The van der Waals surface area contributed by atoms with Crippen LogP contribution in [-0.4, -0.2) is 15.0 Å². The summed E-state index contributed by atoms with van der Waals surface area (Å²) in [5.41, 5.74) is 4.55. The Bertz CT molecular complexity index is 1150. The molecule has 1 N–H and O–H groups in total. The highest BCUT2D eigenvalue weighted by molar-refractivity contribution is 6.35. The summed E-state index contributed by atoms with van der Waals surface area (Å²) >= 11 is 6.54. The van der Waals surface area contributed by atoms with Crippen LogP contribution in [0.4, 0.5) is 10.1 Å². The van der Waals surface area contributed by atoms with Crippen LogP contribution < -0.4 is 5.32 Å². The first-order valence-corrected chi connectivity index (χ1v) is 9.28. The quantitative estimate of drug-likeness (QED) is 0.465. The lowest BCUT2D eigenvalue weighted by Crippen LogP contribution is -2.10. The summed E-state index contributed by atoms with van der Waals surface area (Å²) in [6.07, 6.45) is 4.88. The van der Waals surface area contributed by atoms with Gasteiger partial charge in [0.1, 0.15) is 12.1 Å². The standard InChI is InChI=1S/C22H18ClFN4/c1-13(18-9-15(7-8-19(18)24)16-10-25-12-26-11-16)28-22-17-5-3-4-6-20(17)27-14(2)21(22)23/h3-13H,1-2H3,(H,27,28). The molecule has 1 unspecified atom stereocenters. The van der Waals surface area contributed by atoms with Crippen LogP contribution in [0.1, 0.15) is 24.2 Å². The summed E-state index contributed by atoms with van der Waals surface area (Å²) < 4.78 is 14.6. The Morgan fingerprint density at radius 2 is 1.79 bits per heavy atom. The van der Waals surface area contributed by atoms with Gasteiger partial charge in [-0.3, -0.25) is 4.98 Å². The minimum absolute atomic E-state index is 0.285. The zero-order valence-corrected chi connectivity index (χ0v) is 16.2. The highest BCUT2D eigenvalue weighted by Gasteiger charge is 2.17. The predicted octanol–water partition coefficient (Wildman–Crippen LogP) is 5.97. The second-order valence-corrected chi connectivity index (χ2v) is 7.01. The molecule has 0 saturated heterocycles. The number of aromatic nitrogens is 3. The van der Waals surface area contributed by atoms with Crippen molar-refractivity contribution in [3.63, 3.8) is 0 Å². The first kappa shape index (κ1) is 18.3. The Kier molecular flexibility index (Phi) is 4.92. The molecule has 0 bridgehead atoms. The second-order valence-electron chi connectivity index (χ2n) is 6.63. The molecule has 0 radical (unpaired) electrons. The fourth-order valence-electron chi connectivity index (χ4n) is 3.25. The van der Waals surface area contributed by atoms with Gasteiger partial charge in [-0.2, -0.15) is 0 Å². The van der Waals surface area contributed by atoms with E-state index in [9.17, 15) is 4.39 Å². The minimum atomic E-state index is -0.313. The van der Waals surface area contributed by atoms with Crippen LogP contribution in [0.5, 0.6) is 0 Å². The van der Waals surface area contributed by atoms with Crippen molar-refractivity contribution in [3.8, 4) is 11.1 Å². The Morgan fingerprint density at radius 3 is 2.57 bits per heavy atom. The van der Waals surface area contributed by atoms with E-state index in [1.807, 2.05) is 44.2 Å². The zero-order valence-electron chi connectivity index (χ0n) is 15.4. The van der Waals surface area contributed by atoms with Crippen molar-refractivity contribution in [1.29, 1.82) is 0 Å². The number of fused-ring (bicyclic) bond motifs is 1. The zero-order chi connectivity index (χ0) is 19.7. The van der Waals surface area contributed by atoms with E-state index < -0.39 is 0 Å². The van der Waals surface area contributed by atoms with Crippen molar-refractivity contribution in [2.45, 2.75) is 19.9 Å². The molecule has 6 heteroatoms. The SMILES string of the molecule is Cc1nc2ccccc2c(NC(C)c2cc(-c3cncnc3)ccc2F)c1Cl. The summed E-state index contributed by atoms with van der Waals surface area (Å²) in [5.74, 6) is -0.285. The van der Waals surface area contributed by atoms with Gasteiger partial charge in [0.15, 0.2) is 0 Å². The summed E-state index contributed by atoms with van der Waals surface area (Å²) in [7, 11) is 0. The van der Waals surface area contributed by atoms with Crippen molar-refractivity contribution in [3.05, 3.63) is 83.3 Å². The van der Waals surface area contributed by atoms with Crippen molar-refractivity contribution in [2.75, 3.05) is 5.32 Å². The summed E-state index contributed by atoms with van der Waals surface area (Å²) in [5, 5.41) is 4.83. The van der Waals surface area contributed by atoms with E-state index in [-0.39, 0.29) is 11.9 Å². The second kappa shape index (κ2) is 7.52. The van der Waals surface area contributed by atoms with Gasteiger partial charge in [0.2, 0.25) is 0 Å². The number of rotatable bonds is 4. The van der Waals surface area contributed by atoms with Gasteiger partial charge in [-0.25, -0.2) is 14.4 Å². The van der Waals surface area contributed by atoms with Crippen molar-refractivity contribution < 1.29 is 4.39 Å². The molecule has 2 aromatic heterocycles. The van der Waals surface area contributed by atoms with Crippen LogP contribution in [0, 0.1) is 12.7 Å². The van der Waals surface area contributed by atoms with Gasteiger partial charge in [0.05, 0.1) is 28.0 Å². The Labute approximate surface area is 167 Å². The van der Waals surface area contributed by atoms with Crippen LogP contribution in [0.2, 0.25) is 5.02 Å². The van der Waals surface area contributed by atoms with Gasteiger partial charge in [0, 0.05) is 28.9 Å². The highest BCUT2D eigenvalue weighted by Crippen LogP contribution is 2.35. The van der Waals surface area contributed by atoms with E-state index in [0.717, 1.165) is 33.4 Å². The number of halogens is 2. The first-order valence-electron chi connectivity index (χ1n) is 8.91. The Morgan fingerprint density at radius 1 is 1.04 bits per heavy atom. The number of para-hydroxylation sites is 1. The smallest absolute Gasteiger partial charge is 0.128 e. The molecular weight excluding hydrogens is 375 g/mol. The number of aryl methyl sites for hydroxylation is 1. The third-order valence-corrected chi connectivity index (χ3v) is 5.18. The lowest BCUT2D eigenvalue weighted by atomic mass is 10.0. The van der Waals surface area contributed by atoms with Crippen LogP contribution in [-0.2, 0) is 0 Å². The van der Waals surface area contributed by atoms with E-state index in [1.54, 1.807) is 18.5 Å². The molecule has 0 aliphatic heterocycles. The maximum atomic E-state index is 14.6. The molecule has 2 heterocycles. The largest absolute Gasteiger partial charge is 0.377 e. The minimum Gasteiger partial charge on any atom is -0.377 e. The van der Waals surface area contributed by atoms with E-state index in [2.05, 4.69) is 20.3 Å². The Hall–Kier alpha value is -3.05. The summed E-state index contributed by atoms with van der Waals surface area (Å²) in [6.45, 7) is 3.77. The highest BCUT2D eigenvalue weighted by atomic mass is 35.5. The van der Waals surface area contributed by atoms with Crippen LogP contribution in [0.25, 0.3) is 22.0 Å². The molecule has 1 atom stereocenters. The number of benzene rings is 2. The Balaban J connectivity index is 1.75. The molecule has 4 aromatic rings. The average Bonchev–Trinajstić information content (AvgIpc) is 2.72. The number of nitrogens with zero attached hydrogens (tertiary/aromatic N) is 3. The average molecular weight is 393 g/mol. The molecule has 0 aliphatic carbocycles. The maximum absolute atomic E-state index is 14.6. The number of anilines is 1. The molecule has 0 amide bonds. The summed E-state index contributed by atoms with van der Waals surface area (Å²) in [6, 6.07) is 12.4. The molecule has 0 saturated carbocycles. The number of hydrogen-bond donors (Lipinski definition) is 1. The molecule has 2 aromatic carbocycles. The monoisotopic (exact) mass is 392 g/mol. The molecule has 0 fully saturated rings. The lowest BCUT2D eigenvalue weighted by molar-refractivity contribution is 0.600. The molecular formula is C22H18ClFN4. The van der Waals surface area contributed by atoms with Crippen LogP contribution in [0.15, 0.2) is 61.2 Å². The molecule has 4 nitrogen and oxygen atoms in total.